The minimum atomic E-state index is -0.0242. The van der Waals surface area contributed by atoms with Crippen LogP contribution >= 0.6 is 11.8 Å². The van der Waals surface area contributed by atoms with E-state index in [1.165, 1.54) is 4.90 Å². The fraction of sp³-hybridized carbons (Fsp3) is 0.650. The molecule has 5 nitrogen and oxygen atoms in total. The number of piperidine rings is 1. The van der Waals surface area contributed by atoms with E-state index in [1.807, 2.05) is 22.7 Å². The molecule has 1 aromatic carbocycles. The highest BCUT2D eigenvalue weighted by atomic mass is 32.2. The van der Waals surface area contributed by atoms with Gasteiger partial charge in [-0.15, -0.1) is 11.8 Å². The van der Waals surface area contributed by atoms with Gasteiger partial charge in [0.1, 0.15) is 0 Å². The maximum absolute atomic E-state index is 13.1. The molecule has 1 amide bonds. The zero-order valence-corrected chi connectivity index (χ0v) is 16.2. The lowest BCUT2D eigenvalue weighted by atomic mass is 9.96. The summed E-state index contributed by atoms with van der Waals surface area (Å²) in [5.41, 5.74) is 1.08. The van der Waals surface area contributed by atoms with Crippen LogP contribution in [-0.2, 0) is 14.3 Å². The molecule has 1 atom stereocenters. The lowest BCUT2D eigenvalue weighted by Crippen LogP contribution is -2.45. The summed E-state index contributed by atoms with van der Waals surface area (Å²) >= 11 is 1.88. The van der Waals surface area contributed by atoms with Gasteiger partial charge < -0.3 is 14.4 Å². The number of hydrogen-bond acceptors (Lipinski definition) is 5. The molecule has 2 saturated heterocycles. The molecule has 1 aromatic rings. The summed E-state index contributed by atoms with van der Waals surface area (Å²) in [5.74, 6) is 0.694. The quantitative estimate of drug-likeness (QED) is 0.811. The van der Waals surface area contributed by atoms with Crippen LogP contribution in [0.3, 0.4) is 0 Å². The molecule has 3 aliphatic rings. The van der Waals surface area contributed by atoms with E-state index in [4.69, 9.17) is 9.47 Å². The first kappa shape index (κ1) is 18.3. The fourth-order valence-electron chi connectivity index (χ4n) is 4.05. The van der Waals surface area contributed by atoms with Crippen molar-refractivity contribution in [2.75, 3.05) is 44.3 Å². The summed E-state index contributed by atoms with van der Waals surface area (Å²) in [5, 5.41) is 0.538. The van der Waals surface area contributed by atoms with Crippen LogP contribution in [0, 0.1) is 5.92 Å². The minimum absolute atomic E-state index is 0.0242. The standard InChI is InChI=1S/C20H28N2O3S/c1-15-6-11-22(17-4-2-3-5-18(17)26-15)19(23)14-21-9-7-16(8-10-21)20-24-12-13-25-20/h2-5,15-16,20H,6-14H2,1H3. The first-order chi connectivity index (χ1) is 12.7. The van der Waals surface area contributed by atoms with Crippen LogP contribution in [0.4, 0.5) is 5.69 Å². The molecular formula is C20H28N2O3S. The third-order valence-corrected chi connectivity index (χ3v) is 6.81. The molecule has 1 unspecified atom stereocenters. The second-order valence-corrected chi connectivity index (χ2v) is 8.93. The molecule has 0 aromatic heterocycles. The second kappa shape index (κ2) is 8.30. The van der Waals surface area contributed by atoms with Crippen molar-refractivity contribution in [3.8, 4) is 0 Å². The summed E-state index contributed by atoms with van der Waals surface area (Å²) in [7, 11) is 0. The highest BCUT2D eigenvalue weighted by Gasteiger charge is 2.32. The van der Waals surface area contributed by atoms with E-state index in [0.717, 1.165) is 44.6 Å². The molecule has 3 heterocycles. The molecule has 0 saturated carbocycles. The van der Waals surface area contributed by atoms with Crippen LogP contribution in [0.15, 0.2) is 29.2 Å². The monoisotopic (exact) mass is 376 g/mol. The number of ether oxygens (including phenoxy) is 2. The zero-order chi connectivity index (χ0) is 17.9. The third-order valence-electron chi connectivity index (χ3n) is 5.57. The van der Waals surface area contributed by atoms with Gasteiger partial charge in [0.25, 0.3) is 0 Å². The SMILES string of the molecule is CC1CCN(C(=O)CN2CCC(C3OCCO3)CC2)c2ccccc2S1. The number of carbonyl (C=O) groups is 1. The van der Waals surface area contributed by atoms with Gasteiger partial charge in [0.15, 0.2) is 6.29 Å². The van der Waals surface area contributed by atoms with Gasteiger partial charge in [-0.1, -0.05) is 19.1 Å². The number of hydrogen-bond donors (Lipinski definition) is 0. The summed E-state index contributed by atoms with van der Waals surface area (Å²) in [6, 6.07) is 8.31. The number of nitrogens with zero attached hydrogens (tertiary/aromatic N) is 2. The molecule has 6 heteroatoms. The van der Waals surface area contributed by atoms with Gasteiger partial charge in [-0.2, -0.15) is 0 Å². The molecule has 0 bridgehead atoms. The van der Waals surface area contributed by atoms with Gasteiger partial charge in [0, 0.05) is 22.6 Å². The van der Waals surface area contributed by atoms with E-state index in [1.54, 1.807) is 0 Å². The Balaban J connectivity index is 1.36. The Morgan fingerprint density at radius 2 is 1.85 bits per heavy atom. The first-order valence-corrected chi connectivity index (χ1v) is 10.6. The van der Waals surface area contributed by atoms with E-state index >= 15 is 0 Å². The molecule has 2 fully saturated rings. The van der Waals surface area contributed by atoms with Crippen LogP contribution in [0.1, 0.15) is 26.2 Å². The van der Waals surface area contributed by atoms with E-state index in [-0.39, 0.29) is 12.2 Å². The van der Waals surface area contributed by atoms with E-state index in [0.29, 0.717) is 30.9 Å². The van der Waals surface area contributed by atoms with Crippen molar-refractivity contribution in [1.82, 2.24) is 4.90 Å². The van der Waals surface area contributed by atoms with Crippen molar-refractivity contribution in [2.45, 2.75) is 42.6 Å². The summed E-state index contributed by atoms with van der Waals surface area (Å²) < 4.78 is 11.3. The van der Waals surface area contributed by atoms with Gasteiger partial charge in [-0.3, -0.25) is 9.69 Å². The Morgan fingerprint density at radius 1 is 1.12 bits per heavy atom. The Kier molecular flexibility index (Phi) is 5.84. The average Bonchev–Trinajstić information content (AvgIpc) is 3.12. The van der Waals surface area contributed by atoms with Crippen molar-refractivity contribution < 1.29 is 14.3 Å². The first-order valence-electron chi connectivity index (χ1n) is 9.72. The van der Waals surface area contributed by atoms with Crippen molar-refractivity contribution >= 4 is 23.4 Å². The maximum atomic E-state index is 13.1. The lowest BCUT2D eigenvalue weighted by Gasteiger charge is -2.34. The predicted molar refractivity (Wildman–Crippen MR) is 104 cm³/mol. The smallest absolute Gasteiger partial charge is 0.241 e. The Bertz CT molecular complexity index is 627. The molecule has 142 valence electrons. The van der Waals surface area contributed by atoms with Crippen LogP contribution in [0.25, 0.3) is 0 Å². The maximum Gasteiger partial charge on any atom is 0.241 e. The topological polar surface area (TPSA) is 42.0 Å². The fourth-order valence-corrected chi connectivity index (χ4v) is 5.17. The number of anilines is 1. The van der Waals surface area contributed by atoms with E-state index in [2.05, 4.69) is 30.0 Å². The van der Waals surface area contributed by atoms with E-state index in [9.17, 15) is 4.79 Å². The molecule has 3 aliphatic heterocycles. The van der Waals surface area contributed by atoms with Crippen LogP contribution in [-0.4, -0.2) is 61.7 Å². The highest BCUT2D eigenvalue weighted by molar-refractivity contribution is 8.00. The van der Waals surface area contributed by atoms with Crippen LogP contribution < -0.4 is 4.90 Å². The van der Waals surface area contributed by atoms with Crippen molar-refractivity contribution in [3.63, 3.8) is 0 Å². The second-order valence-electron chi connectivity index (χ2n) is 7.45. The Morgan fingerprint density at radius 3 is 2.62 bits per heavy atom. The van der Waals surface area contributed by atoms with Crippen molar-refractivity contribution in [1.29, 1.82) is 0 Å². The van der Waals surface area contributed by atoms with Gasteiger partial charge >= 0.3 is 0 Å². The number of fused-ring (bicyclic) bond motifs is 1. The van der Waals surface area contributed by atoms with Gasteiger partial charge in [-0.05, 0) is 44.5 Å². The van der Waals surface area contributed by atoms with Gasteiger partial charge in [0.2, 0.25) is 5.91 Å². The summed E-state index contributed by atoms with van der Waals surface area (Å²) in [6.45, 7) is 6.88. The summed E-state index contributed by atoms with van der Waals surface area (Å²) in [6.07, 6.45) is 3.09. The van der Waals surface area contributed by atoms with E-state index < -0.39 is 0 Å². The van der Waals surface area contributed by atoms with Crippen molar-refractivity contribution in [3.05, 3.63) is 24.3 Å². The van der Waals surface area contributed by atoms with Crippen molar-refractivity contribution in [2.24, 2.45) is 5.92 Å². The molecular weight excluding hydrogens is 348 g/mol. The van der Waals surface area contributed by atoms with Gasteiger partial charge in [0.05, 0.1) is 25.4 Å². The number of thioether (sulfide) groups is 1. The minimum Gasteiger partial charge on any atom is -0.350 e. The number of para-hydroxylation sites is 1. The predicted octanol–water partition coefficient (Wildman–Crippen LogP) is 2.99. The number of amides is 1. The van der Waals surface area contributed by atoms with Crippen LogP contribution in [0.5, 0.6) is 0 Å². The molecule has 0 spiro atoms. The number of carbonyl (C=O) groups excluding carboxylic acids is 1. The lowest BCUT2D eigenvalue weighted by molar-refractivity contribution is -0.121. The molecule has 26 heavy (non-hydrogen) atoms. The summed E-state index contributed by atoms with van der Waals surface area (Å²) in [4.78, 5) is 18.6. The largest absolute Gasteiger partial charge is 0.350 e. The molecule has 0 N–H and O–H groups in total. The van der Waals surface area contributed by atoms with Gasteiger partial charge in [-0.25, -0.2) is 0 Å². The normalized spacial score (nSPS) is 25.9. The third kappa shape index (κ3) is 4.09. The molecule has 0 aliphatic carbocycles. The number of likely N-dealkylation sites (tertiary alicyclic amines) is 1. The Labute approximate surface area is 160 Å². The highest BCUT2D eigenvalue weighted by Crippen LogP contribution is 2.37. The Hall–Kier alpha value is -1.08. The molecule has 0 radical (unpaired) electrons. The van der Waals surface area contributed by atoms with Crippen LogP contribution in [0.2, 0.25) is 0 Å². The average molecular weight is 377 g/mol. The zero-order valence-electron chi connectivity index (χ0n) is 15.4. The number of rotatable bonds is 3. The molecule has 4 rings (SSSR count). The number of benzene rings is 1.